The molecule has 2 N–H and O–H groups in total. The minimum absolute atomic E-state index is 0.106. The predicted octanol–water partition coefficient (Wildman–Crippen LogP) is 5.61. The molecule has 0 spiro atoms. The third kappa shape index (κ3) is 11.6. The molecule has 1 atom stereocenters. The van der Waals surface area contributed by atoms with Crippen LogP contribution in [0.5, 0.6) is 0 Å². The molecule has 0 saturated carbocycles. The van der Waals surface area contributed by atoms with E-state index < -0.39 is 0 Å². The van der Waals surface area contributed by atoms with E-state index in [-0.39, 0.29) is 23.9 Å². The van der Waals surface area contributed by atoms with Crippen molar-refractivity contribution in [2.75, 3.05) is 38.3 Å². The van der Waals surface area contributed by atoms with Crippen LogP contribution in [0.2, 0.25) is 0 Å². The van der Waals surface area contributed by atoms with E-state index in [1.807, 2.05) is 41.3 Å². The van der Waals surface area contributed by atoms with Gasteiger partial charge in [-0.2, -0.15) is 0 Å². The molecule has 1 unspecified atom stereocenters. The Kier molecular flexibility index (Phi) is 14.6. The highest BCUT2D eigenvalue weighted by Gasteiger charge is 2.35. The quantitative estimate of drug-likeness (QED) is 0.164. The fourth-order valence-corrected chi connectivity index (χ4v) is 4.22. The van der Waals surface area contributed by atoms with Crippen LogP contribution in [-0.4, -0.2) is 61.1 Å². The van der Waals surface area contributed by atoms with E-state index in [2.05, 4.69) is 55.0 Å². The van der Waals surface area contributed by atoms with E-state index in [4.69, 9.17) is 9.47 Å². The summed E-state index contributed by atoms with van der Waals surface area (Å²) in [5.41, 5.74) is 2.09. The minimum Gasteiger partial charge on any atom is -0.381 e. The van der Waals surface area contributed by atoms with Crippen LogP contribution in [-0.2, 0) is 26.2 Å². The Balaban J connectivity index is 0.000000478. The van der Waals surface area contributed by atoms with Gasteiger partial charge >= 0.3 is 0 Å². The van der Waals surface area contributed by atoms with Gasteiger partial charge in [-0.25, -0.2) is 4.98 Å². The van der Waals surface area contributed by atoms with Gasteiger partial charge in [-0.15, -0.1) is 11.3 Å². The predicted molar refractivity (Wildman–Crippen MR) is 163 cm³/mol. The first-order valence-electron chi connectivity index (χ1n) is 13.9. The molecule has 2 aromatic rings. The lowest BCUT2D eigenvalue weighted by Gasteiger charge is -2.39. The number of amides is 2. The number of hydrogen-bond donors (Lipinski definition) is 2. The first-order chi connectivity index (χ1) is 19.2. The van der Waals surface area contributed by atoms with Crippen molar-refractivity contribution >= 4 is 35.0 Å². The largest absolute Gasteiger partial charge is 0.381 e. The Morgan fingerprint density at radius 1 is 1.35 bits per heavy atom. The lowest BCUT2D eigenvalue weighted by atomic mass is 10.0. The van der Waals surface area contributed by atoms with Crippen LogP contribution in [0, 0.1) is 5.92 Å². The van der Waals surface area contributed by atoms with E-state index in [1.54, 1.807) is 12.3 Å². The molecule has 2 amide bonds. The van der Waals surface area contributed by atoms with E-state index in [9.17, 15) is 9.59 Å². The number of carbonyl (C=O) groups excluding carboxylic acids is 2. The molecule has 10 heteroatoms. The van der Waals surface area contributed by atoms with Crippen LogP contribution in [0.3, 0.4) is 0 Å². The number of thiazole rings is 1. The number of nitrogens with one attached hydrogen (secondary N) is 2. The Morgan fingerprint density at radius 2 is 2.12 bits per heavy atom. The molecule has 1 fully saturated rings. The molecule has 0 radical (unpaired) electrons. The van der Waals surface area contributed by atoms with Crippen LogP contribution in [0.4, 0.5) is 5.13 Å². The van der Waals surface area contributed by atoms with Crippen LogP contribution in [0.1, 0.15) is 69.9 Å². The first kappa shape index (κ1) is 33.1. The third-order valence-corrected chi connectivity index (χ3v) is 7.27. The summed E-state index contributed by atoms with van der Waals surface area (Å²) in [5, 5.41) is 7.73. The zero-order chi connectivity index (χ0) is 29.4. The number of rotatable bonds is 15. The standard InChI is InChI=1S/C21H25N5O3S.C9H20O/c1-15(22-3)6-4-5-7-17-12-30-20(24-17)25-18(27)10-23-19(28)16-8-9-26(11-16)21(2)13-29-14-21;1-4-7-10-8-6-9(3)5-2/h4-6,8-9,11-12H,3,7,10,13-14H2,1-2H3,(H,23,28)(H,24,25,27);9H,4-8H2,1-3H3/b5-4-,15-6-;. The van der Waals surface area contributed by atoms with Gasteiger partial charge in [0.05, 0.1) is 36.6 Å². The van der Waals surface area contributed by atoms with Crippen molar-refractivity contribution in [3.05, 3.63) is 59.0 Å². The second kappa shape index (κ2) is 17.6. The smallest absolute Gasteiger partial charge is 0.253 e. The molecule has 0 bridgehead atoms. The summed E-state index contributed by atoms with van der Waals surface area (Å²) in [6, 6.07) is 1.74. The van der Waals surface area contributed by atoms with Gasteiger partial charge in [0.15, 0.2) is 5.13 Å². The maximum absolute atomic E-state index is 12.3. The summed E-state index contributed by atoms with van der Waals surface area (Å²) in [4.78, 5) is 32.6. The summed E-state index contributed by atoms with van der Waals surface area (Å²) in [6.07, 6.45) is 13.6. The molecule has 9 nitrogen and oxygen atoms in total. The normalized spacial score (nSPS) is 15.1. The van der Waals surface area contributed by atoms with Crippen molar-refractivity contribution in [1.82, 2.24) is 14.9 Å². The average molecular weight is 572 g/mol. The van der Waals surface area contributed by atoms with Crippen LogP contribution >= 0.6 is 11.3 Å². The molecular weight excluding hydrogens is 526 g/mol. The first-order valence-corrected chi connectivity index (χ1v) is 14.7. The Labute approximate surface area is 242 Å². The van der Waals surface area contributed by atoms with Crippen molar-refractivity contribution in [2.45, 2.75) is 65.8 Å². The summed E-state index contributed by atoms with van der Waals surface area (Å²) in [7, 11) is 0. The lowest BCUT2D eigenvalue weighted by Crippen LogP contribution is -2.48. The maximum Gasteiger partial charge on any atom is 0.253 e. The highest BCUT2D eigenvalue weighted by molar-refractivity contribution is 7.13. The SMILES string of the molecule is C=N/C(C)=C\C=C/Cc1csc(NC(=O)CNC(=O)c2ccn(C3(C)COC3)c2)n1.CCCOCCC(C)CC. The van der Waals surface area contributed by atoms with Crippen molar-refractivity contribution in [1.29, 1.82) is 0 Å². The number of aromatic nitrogens is 2. The van der Waals surface area contributed by atoms with Crippen LogP contribution < -0.4 is 10.6 Å². The molecular formula is C30H45N5O4S. The van der Waals surface area contributed by atoms with Gasteiger partial charge in [-0.05, 0) is 51.5 Å². The number of anilines is 1. The molecule has 1 saturated heterocycles. The molecule has 0 aromatic carbocycles. The zero-order valence-corrected chi connectivity index (χ0v) is 25.4. The van der Waals surface area contributed by atoms with Gasteiger partial charge in [0.25, 0.3) is 5.91 Å². The van der Waals surface area contributed by atoms with Crippen LogP contribution in [0.15, 0.2) is 52.8 Å². The second-order valence-corrected chi connectivity index (χ2v) is 11.0. The van der Waals surface area contributed by atoms with Gasteiger partial charge in [0.1, 0.15) is 0 Å². The van der Waals surface area contributed by atoms with Crippen molar-refractivity contribution in [2.24, 2.45) is 10.9 Å². The molecule has 220 valence electrons. The fourth-order valence-electron chi connectivity index (χ4n) is 3.48. The lowest BCUT2D eigenvalue weighted by molar-refractivity contribution is -0.115. The molecule has 1 aliphatic rings. The van der Waals surface area contributed by atoms with Crippen molar-refractivity contribution < 1.29 is 19.1 Å². The highest BCUT2D eigenvalue weighted by atomic mass is 32.1. The number of carbonyl (C=O) groups is 2. The van der Waals surface area contributed by atoms with Gasteiger partial charge in [-0.3, -0.25) is 14.6 Å². The molecule has 3 heterocycles. The molecule has 1 aliphatic heterocycles. The number of ether oxygens (including phenoxy) is 2. The number of aliphatic imine (C=N–C) groups is 1. The summed E-state index contributed by atoms with van der Waals surface area (Å²) < 4.78 is 12.6. The van der Waals surface area contributed by atoms with E-state index >= 15 is 0 Å². The van der Waals surface area contributed by atoms with Gasteiger partial charge in [0.2, 0.25) is 5.91 Å². The summed E-state index contributed by atoms with van der Waals surface area (Å²) in [6.45, 7) is 17.0. The third-order valence-electron chi connectivity index (χ3n) is 6.46. The molecule has 2 aromatic heterocycles. The summed E-state index contributed by atoms with van der Waals surface area (Å²) in [5.74, 6) is 0.209. The van der Waals surface area contributed by atoms with Gasteiger partial charge in [0, 0.05) is 43.1 Å². The number of hydrogen-bond acceptors (Lipinski definition) is 7. The van der Waals surface area contributed by atoms with E-state index in [0.717, 1.165) is 36.9 Å². The fraction of sp³-hybridized carbons (Fsp3) is 0.533. The van der Waals surface area contributed by atoms with Crippen LogP contribution in [0.25, 0.3) is 0 Å². The highest BCUT2D eigenvalue weighted by Crippen LogP contribution is 2.26. The molecule has 3 rings (SSSR count). The maximum atomic E-state index is 12.3. The minimum atomic E-state index is -0.325. The molecule has 40 heavy (non-hydrogen) atoms. The topological polar surface area (TPSA) is 107 Å². The molecule has 0 aliphatic carbocycles. The summed E-state index contributed by atoms with van der Waals surface area (Å²) >= 11 is 1.34. The number of nitrogens with zero attached hydrogens (tertiary/aromatic N) is 3. The Morgan fingerprint density at radius 3 is 2.77 bits per heavy atom. The average Bonchev–Trinajstić information content (AvgIpc) is 3.61. The Hall–Kier alpha value is -3.08. The van der Waals surface area contributed by atoms with Gasteiger partial charge in [-0.1, -0.05) is 39.3 Å². The van der Waals surface area contributed by atoms with E-state index in [1.165, 1.54) is 24.2 Å². The van der Waals surface area contributed by atoms with E-state index in [0.29, 0.717) is 30.3 Å². The second-order valence-electron chi connectivity index (χ2n) is 10.2. The zero-order valence-electron chi connectivity index (χ0n) is 24.6. The Bertz CT molecular complexity index is 1130. The van der Waals surface area contributed by atoms with Crippen molar-refractivity contribution in [3.8, 4) is 0 Å². The van der Waals surface area contributed by atoms with Gasteiger partial charge < -0.3 is 24.7 Å². The van der Waals surface area contributed by atoms with Crippen molar-refractivity contribution in [3.63, 3.8) is 0 Å². The monoisotopic (exact) mass is 571 g/mol. The number of allylic oxidation sites excluding steroid dienone is 4.